The van der Waals surface area contributed by atoms with Gasteiger partial charge < -0.3 is 19.9 Å². The summed E-state index contributed by atoms with van der Waals surface area (Å²) in [5.41, 5.74) is 5.92. The number of H-pyrrole nitrogens is 1. The Hall–Kier alpha value is -2.86. The number of likely N-dealkylation sites (tertiary alicyclic amines) is 1. The molecule has 174 valence electrons. The van der Waals surface area contributed by atoms with Crippen molar-refractivity contribution in [1.29, 1.82) is 0 Å². The van der Waals surface area contributed by atoms with E-state index >= 15 is 0 Å². The highest BCUT2D eigenvalue weighted by Crippen LogP contribution is 2.39. The summed E-state index contributed by atoms with van der Waals surface area (Å²) in [6, 6.07) is 10.2. The second-order valence-corrected chi connectivity index (χ2v) is 10.1. The van der Waals surface area contributed by atoms with E-state index in [0.717, 1.165) is 66.2 Å². The van der Waals surface area contributed by atoms with Crippen LogP contribution in [0, 0.1) is 12.3 Å². The number of rotatable bonds is 5. The molecule has 3 aromatic rings. The molecule has 1 spiro atoms. The first-order valence-electron chi connectivity index (χ1n) is 12.1. The third-order valence-electron chi connectivity index (χ3n) is 7.39. The number of fused-ring (bicyclic) bond motifs is 1. The zero-order chi connectivity index (χ0) is 23.0. The molecule has 1 amide bonds. The van der Waals surface area contributed by atoms with Crippen molar-refractivity contribution in [3.05, 3.63) is 47.8 Å². The van der Waals surface area contributed by atoms with Gasteiger partial charge in [-0.2, -0.15) is 0 Å². The molecule has 2 N–H and O–H groups in total. The maximum Gasteiger partial charge on any atom is 0.260 e. The molecule has 2 aliphatic rings. The van der Waals surface area contributed by atoms with Crippen molar-refractivity contribution in [2.75, 3.05) is 32.8 Å². The number of carbonyl (C=O) groups excluding carboxylic acids is 1. The summed E-state index contributed by atoms with van der Waals surface area (Å²) in [5, 5.41) is 4.58. The van der Waals surface area contributed by atoms with Crippen LogP contribution < -0.4 is 10.1 Å². The first kappa shape index (κ1) is 22.0. The largest absolute Gasteiger partial charge is 0.484 e. The van der Waals surface area contributed by atoms with E-state index in [-0.39, 0.29) is 12.5 Å². The summed E-state index contributed by atoms with van der Waals surface area (Å²) in [6.07, 6.45) is 5.30. The molecular weight excluding hydrogens is 412 g/mol. The lowest BCUT2D eigenvalue weighted by atomic mass is 9.78. The topological polar surface area (TPSA) is 70.2 Å². The Morgan fingerprint density at radius 3 is 2.76 bits per heavy atom. The van der Waals surface area contributed by atoms with E-state index in [9.17, 15) is 4.79 Å². The fraction of sp³-hybridized carbons (Fsp3) is 0.481. The number of hydrogen-bond donors (Lipinski definition) is 2. The van der Waals surface area contributed by atoms with Gasteiger partial charge in [-0.15, -0.1) is 0 Å². The van der Waals surface area contributed by atoms with E-state index in [2.05, 4.69) is 47.3 Å². The molecule has 0 bridgehead atoms. The molecule has 0 aliphatic carbocycles. The molecule has 5 rings (SSSR count). The first-order chi connectivity index (χ1) is 15.9. The minimum atomic E-state index is 0.0941. The second kappa shape index (κ2) is 8.82. The van der Waals surface area contributed by atoms with E-state index in [4.69, 9.17) is 4.74 Å². The molecular formula is C27H34N4O2. The predicted molar refractivity (Wildman–Crippen MR) is 132 cm³/mol. The van der Waals surface area contributed by atoms with Crippen molar-refractivity contribution < 1.29 is 9.53 Å². The second-order valence-electron chi connectivity index (χ2n) is 10.1. The van der Waals surface area contributed by atoms with Crippen molar-refractivity contribution in [3.63, 3.8) is 0 Å². The van der Waals surface area contributed by atoms with E-state index in [1.54, 1.807) is 0 Å². The number of aromatic nitrogens is 2. The van der Waals surface area contributed by atoms with Gasteiger partial charge in [-0.05, 0) is 86.5 Å². The number of aromatic amines is 1. The smallest absolute Gasteiger partial charge is 0.260 e. The van der Waals surface area contributed by atoms with Crippen LogP contribution >= 0.6 is 0 Å². The first-order valence-corrected chi connectivity index (χ1v) is 12.1. The van der Waals surface area contributed by atoms with Gasteiger partial charge in [0.15, 0.2) is 6.61 Å². The minimum Gasteiger partial charge on any atom is -0.484 e. The van der Waals surface area contributed by atoms with Crippen LogP contribution in [0.15, 0.2) is 36.5 Å². The zero-order valence-electron chi connectivity index (χ0n) is 19.9. The van der Waals surface area contributed by atoms with Gasteiger partial charge >= 0.3 is 0 Å². The van der Waals surface area contributed by atoms with E-state index in [1.165, 1.54) is 18.4 Å². The quantitative estimate of drug-likeness (QED) is 0.599. The Balaban J connectivity index is 1.33. The van der Waals surface area contributed by atoms with E-state index in [1.807, 2.05) is 30.2 Å². The Morgan fingerprint density at radius 1 is 1.18 bits per heavy atom. The number of pyridine rings is 1. The SMILES string of the molecule is Cc1cc(-c2[nH]c3ccc(OCC(=O)N4CCC5(CCNCC5)C4)cc3c2C(C)C)ccn1. The molecule has 2 aromatic heterocycles. The van der Waals surface area contributed by atoms with Crippen LogP contribution in [0.5, 0.6) is 5.75 Å². The average molecular weight is 447 g/mol. The molecule has 2 saturated heterocycles. The molecule has 33 heavy (non-hydrogen) atoms. The standard InChI is InChI=1S/C27H34N4O2/c1-18(2)25-22-15-21(4-5-23(22)30-26(25)20-6-10-29-19(3)14-20)33-16-24(32)31-13-9-27(17-31)7-11-28-12-8-27/h4-6,10,14-15,18,28,30H,7-9,11-13,16-17H2,1-3H3. The van der Waals surface area contributed by atoms with Crippen LogP contribution in [0.25, 0.3) is 22.2 Å². The zero-order valence-corrected chi connectivity index (χ0v) is 19.9. The average Bonchev–Trinajstić information content (AvgIpc) is 3.39. The highest BCUT2D eigenvalue weighted by atomic mass is 16.5. The maximum absolute atomic E-state index is 12.9. The van der Waals surface area contributed by atoms with Crippen LogP contribution in [0.1, 0.15) is 50.3 Å². The van der Waals surface area contributed by atoms with Crippen LogP contribution in [0.3, 0.4) is 0 Å². The van der Waals surface area contributed by atoms with Crippen molar-refractivity contribution in [3.8, 4) is 17.0 Å². The molecule has 2 aliphatic heterocycles. The Kier molecular flexibility index (Phi) is 5.87. The highest BCUT2D eigenvalue weighted by molar-refractivity contribution is 5.92. The van der Waals surface area contributed by atoms with Crippen LogP contribution in [0.4, 0.5) is 0 Å². The van der Waals surface area contributed by atoms with Crippen molar-refractivity contribution in [1.82, 2.24) is 20.2 Å². The lowest BCUT2D eigenvalue weighted by Crippen LogP contribution is -2.40. The molecule has 0 radical (unpaired) electrons. The number of aryl methyl sites for hydroxylation is 1. The molecule has 6 heteroatoms. The molecule has 0 atom stereocenters. The van der Waals surface area contributed by atoms with Gasteiger partial charge in [-0.25, -0.2) is 0 Å². The fourth-order valence-electron chi connectivity index (χ4n) is 5.56. The lowest BCUT2D eigenvalue weighted by Gasteiger charge is -2.33. The summed E-state index contributed by atoms with van der Waals surface area (Å²) >= 11 is 0. The normalized spacial score (nSPS) is 17.9. The highest BCUT2D eigenvalue weighted by Gasteiger charge is 2.40. The van der Waals surface area contributed by atoms with E-state index < -0.39 is 0 Å². The van der Waals surface area contributed by atoms with Gasteiger partial charge in [-0.1, -0.05) is 13.8 Å². The molecule has 0 unspecified atom stereocenters. The van der Waals surface area contributed by atoms with Gasteiger partial charge in [-0.3, -0.25) is 9.78 Å². The number of benzene rings is 1. The predicted octanol–water partition coefficient (Wildman–Crippen LogP) is 4.64. The number of amides is 1. The molecule has 2 fully saturated rings. The number of nitrogens with zero attached hydrogens (tertiary/aromatic N) is 2. The fourth-order valence-corrected chi connectivity index (χ4v) is 5.56. The summed E-state index contributed by atoms with van der Waals surface area (Å²) in [7, 11) is 0. The third-order valence-corrected chi connectivity index (χ3v) is 7.39. The van der Waals surface area contributed by atoms with E-state index in [0.29, 0.717) is 11.3 Å². The number of ether oxygens (including phenoxy) is 1. The van der Waals surface area contributed by atoms with Crippen molar-refractivity contribution in [2.45, 2.75) is 46.0 Å². The minimum absolute atomic E-state index is 0.0941. The van der Waals surface area contributed by atoms with Crippen molar-refractivity contribution in [2.24, 2.45) is 5.41 Å². The molecule has 0 saturated carbocycles. The van der Waals surface area contributed by atoms with Crippen molar-refractivity contribution >= 4 is 16.8 Å². The third kappa shape index (κ3) is 4.36. The number of hydrogen-bond acceptors (Lipinski definition) is 4. The number of piperidine rings is 1. The number of carbonyl (C=O) groups is 1. The van der Waals surface area contributed by atoms with Gasteiger partial charge in [0.25, 0.3) is 5.91 Å². The Bertz CT molecular complexity index is 1160. The molecule has 1 aromatic carbocycles. The van der Waals surface area contributed by atoms with Gasteiger partial charge in [0.2, 0.25) is 0 Å². The lowest BCUT2D eigenvalue weighted by molar-refractivity contribution is -0.132. The summed E-state index contributed by atoms with van der Waals surface area (Å²) in [5.74, 6) is 1.17. The van der Waals surface area contributed by atoms with Crippen LogP contribution in [-0.2, 0) is 4.79 Å². The summed E-state index contributed by atoms with van der Waals surface area (Å²) < 4.78 is 6.01. The van der Waals surface area contributed by atoms with Gasteiger partial charge in [0.05, 0.1) is 5.69 Å². The van der Waals surface area contributed by atoms with Gasteiger partial charge in [0.1, 0.15) is 5.75 Å². The van der Waals surface area contributed by atoms with Crippen LogP contribution in [-0.4, -0.2) is 53.6 Å². The van der Waals surface area contributed by atoms with Gasteiger partial charge in [0, 0.05) is 41.4 Å². The number of nitrogens with one attached hydrogen (secondary N) is 2. The molecule has 4 heterocycles. The maximum atomic E-state index is 12.9. The summed E-state index contributed by atoms with van der Waals surface area (Å²) in [4.78, 5) is 22.8. The molecule has 6 nitrogen and oxygen atoms in total. The van der Waals surface area contributed by atoms with Crippen LogP contribution in [0.2, 0.25) is 0 Å². The Labute approximate surface area is 195 Å². The summed E-state index contributed by atoms with van der Waals surface area (Å²) in [6.45, 7) is 10.4. The Morgan fingerprint density at radius 2 is 2.00 bits per heavy atom. The monoisotopic (exact) mass is 446 g/mol.